The minimum absolute atomic E-state index is 0.0673. The Morgan fingerprint density at radius 1 is 1.09 bits per heavy atom. The van der Waals surface area contributed by atoms with Crippen LogP contribution in [0.4, 0.5) is 0 Å². The molecule has 32 heavy (non-hydrogen) atoms. The highest BCUT2D eigenvalue weighted by Gasteiger charge is 2.34. The molecule has 1 atom stereocenters. The molecule has 164 valence electrons. The van der Waals surface area contributed by atoms with E-state index in [1.54, 1.807) is 50.4 Å². The molecule has 1 heterocycles. The number of aryl methyl sites for hydroxylation is 1. The number of ether oxygens (including phenoxy) is 3. The second-order valence-electron chi connectivity index (χ2n) is 7.39. The molecule has 1 N–H and O–H groups in total. The van der Waals surface area contributed by atoms with E-state index < -0.39 is 6.23 Å². The molecule has 1 amide bonds. The zero-order valence-corrected chi connectivity index (χ0v) is 18.1. The number of aromatic hydroxyl groups is 1. The Morgan fingerprint density at radius 2 is 1.88 bits per heavy atom. The zero-order chi connectivity index (χ0) is 22.7. The van der Waals surface area contributed by atoms with Crippen LogP contribution in [0.3, 0.4) is 0 Å². The van der Waals surface area contributed by atoms with E-state index in [2.05, 4.69) is 5.10 Å². The van der Waals surface area contributed by atoms with Crippen molar-refractivity contribution in [3.8, 4) is 17.2 Å². The van der Waals surface area contributed by atoms with Gasteiger partial charge in [-0.05, 0) is 42.3 Å². The van der Waals surface area contributed by atoms with Crippen LogP contribution in [0.2, 0.25) is 0 Å². The van der Waals surface area contributed by atoms with Crippen LogP contribution < -0.4 is 9.47 Å². The maximum Gasteiger partial charge on any atom is 0.244 e. The number of hydrazone groups is 1. The van der Waals surface area contributed by atoms with E-state index in [-0.39, 0.29) is 17.6 Å². The molecular formula is C25H24N2O5. The van der Waals surface area contributed by atoms with Crippen LogP contribution in [0.15, 0.2) is 71.8 Å². The molecule has 1 aliphatic heterocycles. The number of phenolic OH excluding ortho intramolecular Hbond substituents is 1. The van der Waals surface area contributed by atoms with Crippen LogP contribution in [0, 0.1) is 6.92 Å². The number of nitrogens with zero attached hydrogens (tertiary/aromatic N) is 2. The summed E-state index contributed by atoms with van der Waals surface area (Å²) in [6.45, 7) is 3.59. The lowest BCUT2D eigenvalue weighted by Crippen LogP contribution is -2.25. The average molecular weight is 432 g/mol. The van der Waals surface area contributed by atoms with Gasteiger partial charge >= 0.3 is 0 Å². The summed E-state index contributed by atoms with van der Waals surface area (Å²) in [6, 6.07) is 20.4. The first kappa shape index (κ1) is 21.2. The smallest absolute Gasteiger partial charge is 0.244 e. The van der Waals surface area contributed by atoms with Crippen molar-refractivity contribution >= 4 is 11.8 Å². The van der Waals surface area contributed by atoms with Crippen LogP contribution in [-0.4, -0.2) is 29.0 Å². The molecule has 7 nitrogen and oxygen atoms in total. The van der Waals surface area contributed by atoms with Crippen molar-refractivity contribution in [1.82, 2.24) is 5.01 Å². The molecule has 0 aromatic heterocycles. The first-order valence-electron chi connectivity index (χ1n) is 10.2. The van der Waals surface area contributed by atoms with Crippen molar-refractivity contribution in [3.63, 3.8) is 0 Å². The molecule has 0 saturated heterocycles. The molecule has 0 spiro atoms. The van der Waals surface area contributed by atoms with E-state index in [0.29, 0.717) is 34.8 Å². The summed E-state index contributed by atoms with van der Waals surface area (Å²) >= 11 is 0. The third-order valence-electron chi connectivity index (χ3n) is 5.14. The topological polar surface area (TPSA) is 80.6 Å². The fraction of sp³-hybridized carbons (Fsp3) is 0.200. The summed E-state index contributed by atoms with van der Waals surface area (Å²) in [5.74, 6) is 1.04. The van der Waals surface area contributed by atoms with Crippen molar-refractivity contribution in [3.05, 3.63) is 89.0 Å². The normalized spacial score (nSPS) is 15.2. The molecule has 7 heteroatoms. The first-order valence-corrected chi connectivity index (χ1v) is 10.2. The molecule has 3 aromatic rings. The van der Waals surface area contributed by atoms with Crippen molar-refractivity contribution in [2.75, 3.05) is 7.11 Å². The maximum absolute atomic E-state index is 12.3. The number of methoxy groups -OCH3 is 1. The largest absolute Gasteiger partial charge is 0.507 e. The van der Waals surface area contributed by atoms with E-state index in [9.17, 15) is 9.90 Å². The standard InChI is InChI=1S/C25H24N2O5/c1-16-8-7-11-20(23(16)29)24-26-27(17(2)28)25(32-24)19-12-13-21(22(14-19)30-3)31-15-18-9-5-4-6-10-18/h4-14,25,29H,15H2,1-3H3/t25-/m0/s1. The van der Waals surface area contributed by atoms with Crippen LogP contribution >= 0.6 is 0 Å². The predicted molar refractivity (Wildman–Crippen MR) is 119 cm³/mol. The van der Waals surface area contributed by atoms with E-state index >= 15 is 0 Å². The molecule has 1 aliphatic rings. The molecular weight excluding hydrogens is 408 g/mol. The number of rotatable bonds is 6. The summed E-state index contributed by atoms with van der Waals surface area (Å²) in [5, 5.41) is 16.0. The number of carbonyl (C=O) groups is 1. The Labute approximate surface area is 186 Å². The van der Waals surface area contributed by atoms with Gasteiger partial charge in [-0.3, -0.25) is 4.79 Å². The maximum atomic E-state index is 12.3. The van der Waals surface area contributed by atoms with Crippen molar-refractivity contribution in [1.29, 1.82) is 0 Å². The Kier molecular flexibility index (Phi) is 5.98. The van der Waals surface area contributed by atoms with Crippen molar-refractivity contribution in [2.24, 2.45) is 5.10 Å². The van der Waals surface area contributed by atoms with E-state index in [0.717, 1.165) is 5.56 Å². The fourth-order valence-corrected chi connectivity index (χ4v) is 3.42. The SMILES string of the molecule is COc1cc([C@@H]2OC(c3cccc(C)c3O)=NN2C(C)=O)ccc1OCc1ccccc1. The molecule has 0 bridgehead atoms. The third-order valence-corrected chi connectivity index (χ3v) is 5.14. The van der Waals surface area contributed by atoms with Gasteiger partial charge < -0.3 is 19.3 Å². The van der Waals surface area contributed by atoms with Gasteiger partial charge in [-0.2, -0.15) is 5.01 Å². The molecule has 0 radical (unpaired) electrons. The van der Waals surface area contributed by atoms with Gasteiger partial charge in [0.15, 0.2) is 11.5 Å². The average Bonchev–Trinajstić information content (AvgIpc) is 3.26. The number of benzene rings is 3. The molecule has 3 aromatic carbocycles. The van der Waals surface area contributed by atoms with Gasteiger partial charge in [0.1, 0.15) is 12.4 Å². The van der Waals surface area contributed by atoms with Gasteiger partial charge in [-0.15, -0.1) is 5.10 Å². The Bertz CT molecular complexity index is 1160. The van der Waals surface area contributed by atoms with Crippen LogP contribution in [0.5, 0.6) is 17.2 Å². The van der Waals surface area contributed by atoms with Crippen LogP contribution in [0.1, 0.15) is 35.4 Å². The molecule has 0 aliphatic carbocycles. The number of amides is 1. The molecule has 4 rings (SSSR count). The highest BCUT2D eigenvalue weighted by molar-refractivity contribution is 5.99. The summed E-state index contributed by atoms with van der Waals surface area (Å²) in [6.07, 6.45) is -0.792. The van der Waals surface area contributed by atoms with Gasteiger partial charge in [-0.1, -0.05) is 42.5 Å². The number of phenols is 1. The quantitative estimate of drug-likeness (QED) is 0.619. The lowest BCUT2D eigenvalue weighted by molar-refractivity contribution is -0.135. The lowest BCUT2D eigenvalue weighted by atomic mass is 10.1. The Morgan fingerprint density at radius 3 is 2.59 bits per heavy atom. The third kappa shape index (κ3) is 4.23. The summed E-state index contributed by atoms with van der Waals surface area (Å²) in [5.41, 5.74) is 2.81. The zero-order valence-electron chi connectivity index (χ0n) is 18.1. The van der Waals surface area contributed by atoms with E-state index in [4.69, 9.17) is 14.2 Å². The van der Waals surface area contributed by atoms with Gasteiger partial charge in [0.2, 0.25) is 18.0 Å². The predicted octanol–water partition coefficient (Wildman–Crippen LogP) is 4.53. The van der Waals surface area contributed by atoms with E-state index in [1.807, 2.05) is 30.3 Å². The van der Waals surface area contributed by atoms with Gasteiger partial charge in [0, 0.05) is 12.5 Å². The molecule has 0 fully saturated rings. The second-order valence-corrected chi connectivity index (χ2v) is 7.39. The number of para-hydroxylation sites is 1. The van der Waals surface area contributed by atoms with Gasteiger partial charge in [0.25, 0.3) is 0 Å². The number of hydrogen-bond acceptors (Lipinski definition) is 6. The highest BCUT2D eigenvalue weighted by atomic mass is 16.5. The fourth-order valence-electron chi connectivity index (χ4n) is 3.42. The van der Waals surface area contributed by atoms with Crippen LogP contribution in [-0.2, 0) is 16.1 Å². The molecule has 0 unspecified atom stereocenters. The van der Waals surface area contributed by atoms with Crippen LogP contribution in [0.25, 0.3) is 0 Å². The molecule has 0 saturated carbocycles. The second kappa shape index (κ2) is 9.01. The Balaban J connectivity index is 1.59. The lowest BCUT2D eigenvalue weighted by Gasteiger charge is -2.21. The minimum Gasteiger partial charge on any atom is -0.507 e. The van der Waals surface area contributed by atoms with Gasteiger partial charge in [-0.25, -0.2) is 0 Å². The van der Waals surface area contributed by atoms with Crippen molar-refractivity contribution in [2.45, 2.75) is 26.7 Å². The summed E-state index contributed by atoms with van der Waals surface area (Å²) < 4.78 is 17.4. The monoisotopic (exact) mass is 432 g/mol. The minimum atomic E-state index is -0.792. The van der Waals surface area contributed by atoms with Crippen molar-refractivity contribution < 1.29 is 24.1 Å². The van der Waals surface area contributed by atoms with E-state index in [1.165, 1.54) is 11.9 Å². The van der Waals surface area contributed by atoms with Gasteiger partial charge in [0.05, 0.1) is 12.7 Å². The summed E-state index contributed by atoms with van der Waals surface area (Å²) in [4.78, 5) is 12.3. The highest BCUT2D eigenvalue weighted by Crippen LogP contribution is 2.37. The number of hydrogen-bond donors (Lipinski definition) is 1. The first-order chi connectivity index (χ1) is 15.5. The number of carbonyl (C=O) groups excluding carboxylic acids is 1. The Hall–Kier alpha value is -4.00. The summed E-state index contributed by atoms with van der Waals surface area (Å²) in [7, 11) is 1.56.